The Bertz CT molecular complexity index is 1300. The zero-order valence-corrected chi connectivity index (χ0v) is 19.3. The monoisotopic (exact) mass is 494 g/mol. The molecule has 3 aliphatic rings. The fourth-order valence-corrected chi connectivity index (χ4v) is 5.32. The van der Waals surface area contributed by atoms with Crippen LogP contribution in [0.3, 0.4) is 0 Å². The number of hydrogen-bond acceptors (Lipinski definition) is 6. The van der Waals surface area contributed by atoms with Gasteiger partial charge in [0.2, 0.25) is 5.91 Å². The Kier molecular flexibility index (Phi) is 5.38. The maximum Gasteiger partial charge on any atom is 0.272 e. The SMILES string of the molecule is CS(=O)(=O)CC(=O)Nc1c(CCC2CC2)nn2c1C(=O)N[C@@]1(CCOc3cc(F)cc(F)c31)C2. The lowest BCUT2D eigenvalue weighted by Gasteiger charge is -2.42. The maximum atomic E-state index is 14.9. The number of benzene rings is 1. The summed E-state index contributed by atoms with van der Waals surface area (Å²) < 4.78 is 58.7. The van der Waals surface area contributed by atoms with E-state index in [0.717, 1.165) is 37.7 Å². The Labute approximate surface area is 194 Å². The van der Waals surface area contributed by atoms with Crippen molar-refractivity contribution in [2.75, 3.05) is 23.9 Å². The van der Waals surface area contributed by atoms with Gasteiger partial charge in [0.15, 0.2) is 9.84 Å². The van der Waals surface area contributed by atoms with Gasteiger partial charge in [0, 0.05) is 24.8 Å². The molecule has 9 nitrogen and oxygen atoms in total. The average molecular weight is 495 g/mol. The van der Waals surface area contributed by atoms with Crippen LogP contribution in [0.4, 0.5) is 14.5 Å². The fraction of sp³-hybridized carbons (Fsp3) is 0.500. The summed E-state index contributed by atoms with van der Waals surface area (Å²) in [4.78, 5) is 25.7. The van der Waals surface area contributed by atoms with E-state index in [1.807, 2.05) is 0 Å². The van der Waals surface area contributed by atoms with Gasteiger partial charge >= 0.3 is 0 Å². The fourth-order valence-electron chi connectivity index (χ4n) is 4.77. The molecule has 2 N–H and O–H groups in total. The number of nitrogens with one attached hydrogen (secondary N) is 2. The highest BCUT2D eigenvalue weighted by Crippen LogP contribution is 2.43. The first-order chi connectivity index (χ1) is 16.0. The second-order valence-electron chi connectivity index (χ2n) is 9.32. The lowest BCUT2D eigenvalue weighted by atomic mass is 9.82. The van der Waals surface area contributed by atoms with E-state index in [0.29, 0.717) is 18.0 Å². The third-order valence-corrected chi connectivity index (χ3v) is 7.23. The smallest absolute Gasteiger partial charge is 0.272 e. The number of rotatable bonds is 6. The largest absolute Gasteiger partial charge is 0.493 e. The van der Waals surface area contributed by atoms with Crippen molar-refractivity contribution in [1.82, 2.24) is 15.1 Å². The predicted octanol–water partition coefficient (Wildman–Crippen LogP) is 1.91. The Morgan fingerprint density at radius 2 is 2.12 bits per heavy atom. The van der Waals surface area contributed by atoms with Crippen molar-refractivity contribution in [2.45, 2.75) is 44.2 Å². The summed E-state index contributed by atoms with van der Waals surface area (Å²) in [6.07, 6.45) is 4.73. The highest BCUT2D eigenvalue weighted by Gasteiger charge is 2.47. The number of fused-ring (bicyclic) bond motifs is 3. The number of carbonyl (C=O) groups is 2. The molecule has 1 spiro atoms. The number of sulfone groups is 1. The summed E-state index contributed by atoms with van der Waals surface area (Å²) in [6, 6.07) is 1.83. The number of aryl methyl sites for hydroxylation is 1. The Morgan fingerprint density at radius 1 is 1.35 bits per heavy atom. The maximum absolute atomic E-state index is 14.9. The molecule has 3 heterocycles. The van der Waals surface area contributed by atoms with Crippen molar-refractivity contribution < 1.29 is 31.5 Å². The standard InChI is InChI=1S/C22H24F2N4O5S/c1-34(31,32)10-17(29)25-19-15(5-4-12-2-3-12)27-28-11-22(26-21(30)20(19)28)6-7-33-16-9-13(23)8-14(24)18(16)22/h8-9,12H,2-7,10-11H2,1H3,(H,25,29)(H,26,30)/t22-/m0/s1. The summed E-state index contributed by atoms with van der Waals surface area (Å²) in [5.41, 5.74) is -0.425. The molecule has 0 radical (unpaired) electrons. The van der Waals surface area contributed by atoms with Crippen molar-refractivity contribution in [3.63, 3.8) is 0 Å². The van der Waals surface area contributed by atoms with E-state index < -0.39 is 44.6 Å². The molecule has 2 aliphatic heterocycles. The highest BCUT2D eigenvalue weighted by molar-refractivity contribution is 7.91. The first-order valence-electron chi connectivity index (χ1n) is 11.1. The van der Waals surface area contributed by atoms with E-state index in [-0.39, 0.29) is 42.3 Å². The number of halogens is 2. The first kappa shape index (κ1) is 22.8. The summed E-state index contributed by atoms with van der Waals surface area (Å²) in [5.74, 6) is -3.12. The number of ether oxygens (including phenoxy) is 1. The lowest BCUT2D eigenvalue weighted by Crippen LogP contribution is -2.56. The molecule has 0 bridgehead atoms. The number of aromatic nitrogens is 2. The molecule has 0 unspecified atom stereocenters. The molecule has 12 heteroatoms. The molecule has 1 aromatic carbocycles. The molecule has 1 fully saturated rings. The molecule has 1 aromatic heterocycles. The molecule has 1 aliphatic carbocycles. The summed E-state index contributed by atoms with van der Waals surface area (Å²) in [7, 11) is -3.58. The topological polar surface area (TPSA) is 119 Å². The van der Waals surface area contributed by atoms with Gasteiger partial charge in [0.1, 0.15) is 28.8 Å². The van der Waals surface area contributed by atoms with Gasteiger partial charge in [0.05, 0.1) is 35.6 Å². The Balaban J connectivity index is 1.54. The van der Waals surface area contributed by atoms with Crippen LogP contribution in [0.25, 0.3) is 0 Å². The van der Waals surface area contributed by atoms with Crippen LogP contribution in [-0.4, -0.2) is 48.6 Å². The van der Waals surface area contributed by atoms with Crippen molar-refractivity contribution >= 4 is 27.3 Å². The normalized spacial score (nSPS) is 21.4. The molecule has 2 aromatic rings. The van der Waals surface area contributed by atoms with Gasteiger partial charge in [-0.05, 0) is 18.8 Å². The molecular formula is C22H24F2N4O5S. The average Bonchev–Trinajstić information content (AvgIpc) is 3.46. The second kappa shape index (κ2) is 8.03. The quantitative estimate of drug-likeness (QED) is 0.633. The van der Waals surface area contributed by atoms with Crippen molar-refractivity contribution in [3.8, 4) is 5.75 Å². The van der Waals surface area contributed by atoms with E-state index >= 15 is 0 Å². The molecule has 5 rings (SSSR count). The zero-order valence-electron chi connectivity index (χ0n) is 18.5. The van der Waals surface area contributed by atoms with Crippen molar-refractivity contribution in [2.24, 2.45) is 5.92 Å². The lowest BCUT2D eigenvalue weighted by molar-refractivity contribution is -0.113. The van der Waals surface area contributed by atoms with Gasteiger partial charge in [-0.15, -0.1) is 0 Å². The van der Waals surface area contributed by atoms with E-state index in [4.69, 9.17) is 4.74 Å². The number of amides is 2. The van der Waals surface area contributed by atoms with Crippen LogP contribution in [0, 0.1) is 17.6 Å². The zero-order chi connectivity index (χ0) is 24.3. The number of nitrogens with zero attached hydrogens (tertiary/aromatic N) is 2. The van der Waals surface area contributed by atoms with Crippen LogP contribution in [0.5, 0.6) is 5.75 Å². The van der Waals surface area contributed by atoms with Crippen molar-refractivity contribution in [3.05, 3.63) is 40.7 Å². The van der Waals surface area contributed by atoms with Gasteiger partial charge in [-0.3, -0.25) is 14.3 Å². The summed E-state index contributed by atoms with van der Waals surface area (Å²) in [6.45, 7) is 0.185. The van der Waals surface area contributed by atoms with Crippen LogP contribution in [-0.2, 0) is 33.1 Å². The van der Waals surface area contributed by atoms with Gasteiger partial charge in [-0.1, -0.05) is 12.8 Å². The first-order valence-corrected chi connectivity index (χ1v) is 13.1. The predicted molar refractivity (Wildman–Crippen MR) is 117 cm³/mol. The third-order valence-electron chi connectivity index (χ3n) is 6.44. The van der Waals surface area contributed by atoms with Gasteiger partial charge in [-0.25, -0.2) is 17.2 Å². The third kappa shape index (κ3) is 4.26. The van der Waals surface area contributed by atoms with Crippen LogP contribution < -0.4 is 15.4 Å². The molecule has 34 heavy (non-hydrogen) atoms. The summed E-state index contributed by atoms with van der Waals surface area (Å²) in [5, 5.41) is 9.99. The molecule has 0 saturated heterocycles. The highest BCUT2D eigenvalue weighted by atomic mass is 32.2. The van der Waals surface area contributed by atoms with Gasteiger partial charge < -0.3 is 15.4 Å². The van der Waals surface area contributed by atoms with E-state index in [2.05, 4.69) is 15.7 Å². The molecule has 2 amide bonds. The minimum atomic E-state index is -3.58. The Morgan fingerprint density at radius 3 is 2.82 bits per heavy atom. The number of anilines is 1. The van der Waals surface area contributed by atoms with Crippen molar-refractivity contribution in [1.29, 1.82) is 0 Å². The molecule has 1 saturated carbocycles. The molecule has 1 atom stereocenters. The number of hydrogen-bond donors (Lipinski definition) is 2. The molecular weight excluding hydrogens is 470 g/mol. The Hall–Kier alpha value is -3.02. The van der Waals surface area contributed by atoms with Crippen LogP contribution in [0.15, 0.2) is 12.1 Å². The second-order valence-corrected chi connectivity index (χ2v) is 11.5. The minimum Gasteiger partial charge on any atom is -0.493 e. The van der Waals surface area contributed by atoms with E-state index in [9.17, 15) is 26.8 Å². The van der Waals surface area contributed by atoms with Gasteiger partial charge in [0.25, 0.3) is 5.91 Å². The summed E-state index contributed by atoms with van der Waals surface area (Å²) >= 11 is 0. The minimum absolute atomic E-state index is 0.0234. The van der Waals surface area contributed by atoms with Gasteiger partial charge in [-0.2, -0.15) is 5.10 Å². The van der Waals surface area contributed by atoms with Crippen LogP contribution in [0.2, 0.25) is 0 Å². The van der Waals surface area contributed by atoms with Crippen LogP contribution >= 0.6 is 0 Å². The van der Waals surface area contributed by atoms with E-state index in [1.54, 1.807) is 0 Å². The van der Waals surface area contributed by atoms with E-state index in [1.165, 1.54) is 4.68 Å². The molecule has 182 valence electrons. The van der Waals surface area contributed by atoms with Crippen LogP contribution in [0.1, 0.15) is 47.4 Å². The number of carbonyl (C=O) groups excluding carboxylic acids is 2.